The van der Waals surface area contributed by atoms with E-state index < -0.39 is 0 Å². The molecule has 1 N–H and O–H groups in total. The number of nitrogens with one attached hydrogen (secondary N) is 1. The highest BCUT2D eigenvalue weighted by molar-refractivity contribution is 6.31. The minimum absolute atomic E-state index is 0.403. The molecule has 21 heavy (non-hydrogen) atoms. The maximum atomic E-state index is 6.24. The SMILES string of the molecule is CCOC1CCN(c2ccc(Cl)c(CNC(C)C)n2)CC1. The van der Waals surface area contributed by atoms with Crippen molar-refractivity contribution in [2.75, 3.05) is 24.6 Å². The number of anilines is 1. The molecule has 1 fully saturated rings. The summed E-state index contributed by atoms with van der Waals surface area (Å²) in [4.78, 5) is 7.05. The predicted octanol–water partition coefficient (Wildman–Crippen LogP) is 3.24. The van der Waals surface area contributed by atoms with Crippen molar-refractivity contribution in [3.8, 4) is 0 Å². The summed E-state index contributed by atoms with van der Waals surface area (Å²) in [5, 5.41) is 4.10. The van der Waals surface area contributed by atoms with E-state index >= 15 is 0 Å². The van der Waals surface area contributed by atoms with Crippen LogP contribution in [0, 0.1) is 0 Å². The molecule has 2 rings (SSSR count). The molecule has 1 aromatic rings. The van der Waals surface area contributed by atoms with Crippen LogP contribution in [0.2, 0.25) is 5.02 Å². The van der Waals surface area contributed by atoms with Gasteiger partial charge in [0.05, 0.1) is 16.8 Å². The average Bonchev–Trinajstić information content (AvgIpc) is 2.47. The molecule has 4 nitrogen and oxygen atoms in total. The molecule has 1 aliphatic heterocycles. The van der Waals surface area contributed by atoms with Crippen molar-refractivity contribution in [2.45, 2.75) is 52.3 Å². The molecule has 2 heterocycles. The average molecular weight is 312 g/mol. The molecule has 0 spiro atoms. The molecule has 1 aromatic heterocycles. The van der Waals surface area contributed by atoms with Gasteiger partial charge in [0.2, 0.25) is 0 Å². The second kappa shape index (κ2) is 7.97. The topological polar surface area (TPSA) is 37.4 Å². The fourth-order valence-corrected chi connectivity index (χ4v) is 2.73. The second-order valence-electron chi connectivity index (χ2n) is 5.78. The predicted molar refractivity (Wildman–Crippen MR) is 88.1 cm³/mol. The molecule has 0 amide bonds. The van der Waals surface area contributed by atoms with Crippen LogP contribution in [0.3, 0.4) is 0 Å². The number of pyridine rings is 1. The summed E-state index contributed by atoms with van der Waals surface area (Å²) in [5.74, 6) is 1.02. The van der Waals surface area contributed by atoms with Crippen LogP contribution in [-0.4, -0.2) is 36.8 Å². The van der Waals surface area contributed by atoms with Gasteiger partial charge in [-0.25, -0.2) is 4.98 Å². The van der Waals surface area contributed by atoms with Crippen molar-refractivity contribution in [3.05, 3.63) is 22.8 Å². The summed E-state index contributed by atoms with van der Waals surface area (Å²) in [6, 6.07) is 4.39. The highest BCUT2D eigenvalue weighted by Gasteiger charge is 2.20. The van der Waals surface area contributed by atoms with E-state index in [2.05, 4.69) is 31.0 Å². The molecule has 5 heteroatoms. The van der Waals surface area contributed by atoms with Gasteiger partial charge in [-0.15, -0.1) is 0 Å². The number of ether oxygens (including phenoxy) is 1. The van der Waals surface area contributed by atoms with Crippen LogP contribution in [-0.2, 0) is 11.3 Å². The van der Waals surface area contributed by atoms with Crippen molar-refractivity contribution in [2.24, 2.45) is 0 Å². The van der Waals surface area contributed by atoms with E-state index in [9.17, 15) is 0 Å². The van der Waals surface area contributed by atoms with E-state index in [-0.39, 0.29) is 0 Å². The monoisotopic (exact) mass is 311 g/mol. The Kier molecular flexibility index (Phi) is 6.27. The first-order valence-electron chi connectivity index (χ1n) is 7.85. The quantitative estimate of drug-likeness (QED) is 0.875. The Bertz CT molecular complexity index is 445. The number of hydrogen-bond donors (Lipinski definition) is 1. The molecule has 0 aliphatic carbocycles. The van der Waals surface area contributed by atoms with Crippen molar-refractivity contribution >= 4 is 17.4 Å². The summed E-state index contributed by atoms with van der Waals surface area (Å²) >= 11 is 6.24. The number of rotatable bonds is 6. The van der Waals surface area contributed by atoms with Gasteiger partial charge in [-0.2, -0.15) is 0 Å². The molecular weight excluding hydrogens is 286 g/mol. The third-order valence-corrected chi connectivity index (χ3v) is 4.09. The molecule has 1 saturated heterocycles. The lowest BCUT2D eigenvalue weighted by molar-refractivity contribution is 0.0458. The van der Waals surface area contributed by atoms with Gasteiger partial charge in [0.15, 0.2) is 0 Å². The Labute approximate surface area is 132 Å². The normalized spacial score (nSPS) is 16.7. The Morgan fingerprint density at radius 1 is 1.38 bits per heavy atom. The lowest BCUT2D eigenvalue weighted by Crippen LogP contribution is -2.37. The smallest absolute Gasteiger partial charge is 0.128 e. The molecule has 0 atom stereocenters. The number of nitrogens with zero attached hydrogens (tertiary/aromatic N) is 2. The lowest BCUT2D eigenvalue weighted by atomic mass is 10.1. The highest BCUT2D eigenvalue weighted by Crippen LogP contribution is 2.23. The number of halogens is 1. The lowest BCUT2D eigenvalue weighted by Gasteiger charge is -2.32. The molecule has 118 valence electrons. The van der Waals surface area contributed by atoms with Crippen LogP contribution in [0.15, 0.2) is 12.1 Å². The first-order valence-corrected chi connectivity index (χ1v) is 8.23. The van der Waals surface area contributed by atoms with Crippen LogP contribution < -0.4 is 10.2 Å². The summed E-state index contributed by atoms with van der Waals surface area (Å²) in [7, 11) is 0. The third kappa shape index (κ3) is 4.83. The maximum Gasteiger partial charge on any atom is 0.128 e. The van der Waals surface area contributed by atoms with E-state index in [1.54, 1.807) is 0 Å². The zero-order valence-corrected chi connectivity index (χ0v) is 14.0. The number of piperidine rings is 1. The van der Waals surface area contributed by atoms with Gasteiger partial charge >= 0.3 is 0 Å². The standard InChI is InChI=1S/C16H26ClN3O/c1-4-21-13-7-9-20(10-8-13)16-6-5-14(17)15(19-16)11-18-12(2)3/h5-6,12-13,18H,4,7-11H2,1-3H3. The van der Waals surface area contributed by atoms with Gasteiger partial charge in [-0.1, -0.05) is 25.4 Å². The Balaban J connectivity index is 1.99. The second-order valence-corrected chi connectivity index (χ2v) is 6.18. The van der Waals surface area contributed by atoms with Gasteiger partial charge in [0.25, 0.3) is 0 Å². The van der Waals surface area contributed by atoms with Crippen molar-refractivity contribution in [3.63, 3.8) is 0 Å². The van der Waals surface area contributed by atoms with Gasteiger partial charge in [0.1, 0.15) is 5.82 Å². The summed E-state index contributed by atoms with van der Waals surface area (Å²) in [6.07, 6.45) is 2.54. The van der Waals surface area contributed by atoms with E-state index in [4.69, 9.17) is 21.3 Å². The molecular formula is C16H26ClN3O. The molecule has 0 bridgehead atoms. The molecule has 0 saturated carbocycles. The van der Waals surface area contributed by atoms with Gasteiger partial charge in [-0.3, -0.25) is 0 Å². The van der Waals surface area contributed by atoms with Crippen LogP contribution >= 0.6 is 11.6 Å². The van der Waals surface area contributed by atoms with Gasteiger partial charge < -0.3 is 15.0 Å². The Morgan fingerprint density at radius 3 is 2.71 bits per heavy atom. The van der Waals surface area contributed by atoms with Crippen molar-refractivity contribution in [1.29, 1.82) is 0 Å². The first kappa shape index (κ1) is 16.5. The fraction of sp³-hybridized carbons (Fsp3) is 0.688. The number of aromatic nitrogens is 1. The van der Waals surface area contributed by atoms with Crippen LogP contribution in [0.1, 0.15) is 39.3 Å². The van der Waals surface area contributed by atoms with Crippen molar-refractivity contribution < 1.29 is 4.74 Å². The molecule has 1 aliphatic rings. The number of hydrogen-bond acceptors (Lipinski definition) is 4. The van der Waals surface area contributed by atoms with E-state index in [0.717, 1.165) is 49.1 Å². The Morgan fingerprint density at radius 2 is 2.10 bits per heavy atom. The third-order valence-electron chi connectivity index (χ3n) is 3.75. The Hall–Kier alpha value is -0.840. The van der Waals surface area contributed by atoms with E-state index in [1.807, 2.05) is 12.1 Å². The minimum Gasteiger partial charge on any atom is -0.378 e. The van der Waals surface area contributed by atoms with E-state index in [0.29, 0.717) is 18.7 Å². The summed E-state index contributed by atoms with van der Waals surface area (Å²) in [5.41, 5.74) is 0.926. The van der Waals surface area contributed by atoms with E-state index in [1.165, 1.54) is 0 Å². The largest absolute Gasteiger partial charge is 0.378 e. The summed E-state index contributed by atoms with van der Waals surface area (Å²) in [6.45, 7) is 9.80. The van der Waals surface area contributed by atoms with Gasteiger partial charge in [0, 0.05) is 32.3 Å². The summed E-state index contributed by atoms with van der Waals surface area (Å²) < 4.78 is 5.70. The minimum atomic E-state index is 0.403. The van der Waals surface area contributed by atoms with Gasteiger partial charge in [-0.05, 0) is 31.9 Å². The molecule has 0 aromatic carbocycles. The molecule has 0 unspecified atom stereocenters. The maximum absolute atomic E-state index is 6.24. The fourth-order valence-electron chi connectivity index (χ4n) is 2.56. The molecule has 0 radical (unpaired) electrons. The van der Waals surface area contributed by atoms with Crippen LogP contribution in [0.4, 0.5) is 5.82 Å². The highest BCUT2D eigenvalue weighted by atomic mass is 35.5. The van der Waals surface area contributed by atoms with Crippen molar-refractivity contribution in [1.82, 2.24) is 10.3 Å². The first-order chi connectivity index (χ1) is 10.1. The van der Waals surface area contributed by atoms with Crippen LogP contribution in [0.5, 0.6) is 0 Å². The van der Waals surface area contributed by atoms with Crippen LogP contribution in [0.25, 0.3) is 0 Å². The zero-order chi connectivity index (χ0) is 15.2. The zero-order valence-electron chi connectivity index (χ0n) is 13.2.